The lowest BCUT2D eigenvalue weighted by molar-refractivity contribution is -0.148. The zero-order valence-electron chi connectivity index (χ0n) is 10.8. The fourth-order valence-electron chi connectivity index (χ4n) is 2.08. The quantitative estimate of drug-likeness (QED) is 0.831. The molecule has 1 aliphatic rings. The van der Waals surface area contributed by atoms with Crippen LogP contribution in [0.25, 0.3) is 0 Å². The van der Waals surface area contributed by atoms with Gasteiger partial charge in [-0.3, -0.25) is 9.69 Å². The van der Waals surface area contributed by atoms with Crippen LogP contribution in [0.5, 0.6) is 0 Å². The fraction of sp³-hybridized carbons (Fsp3) is 0.500. The smallest absolute Gasteiger partial charge is 0.323 e. The second-order valence-electron chi connectivity index (χ2n) is 4.50. The van der Waals surface area contributed by atoms with Crippen molar-refractivity contribution in [3.63, 3.8) is 0 Å². The maximum Gasteiger partial charge on any atom is 0.323 e. The maximum atomic E-state index is 11.3. The van der Waals surface area contributed by atoms with Gasteiger partial charge in [0.2, 0.25) is 0 Å². The number of hydrogen-bond acceptors (Lipinski definition) is 4. The van der Waals surface area contributed by atoms with Crippen LogP contribution in [0.15, 0.2) is 30.3 Å². The summed E-state index contributed by atoms with van der Waals surface area (Å²) >= 11 is 0. The first-order chi connectivity index (χ1) is 9.27. The molecular formula is C14H19NO4. The molecular weight excluding hydrogens is 246 g/mol. The Hall–Kier alpha value is -1.43. The van der Waals surface area contributed by atoms with Gasteiger partial charge in [-0.1, -0.05) is 30.3 Å². The van der Waals surface area contributed by atoms with Gasteiger partial charge in [0.25, 0.3) is 0 Å². The largest absolute Gasteiger partial charge is 0.480 e. The van der Waals surface area contributed by atoms with Crippen LogP contribution in [0.1, 0.15) is 5.56 Å². The lowest BCUT2D eigenvalue weighted by atomic mass is 10.2. The summed E-state index contributed by atoms with van der Waals surface area (Å²) in [5.74, 6) is -0.838. The molecule has 1 heterocycles. The van der Waals surface area contributed by atoms with Crippen LogP contribution in [0.4, 0.5) is 0 Å². The van der Waals surface area contributed by atoms with E-state index in [4.69, 9.17) is 9.47 Å². The van der Waals surface area contributed by atoms with Crippen molar-refractivity contribution < 1.29 is 19.4 Å². The van der Waals surface area contributed by atoms with E-state index in [0.717, 1.165) is 5.56 Å². The Labute approximate surface area is 112 Å². The predicted octanol–water partition coefficient (Wildman–Crippen LogP) is 0.989. The monoisotopic (exact) mass is 265 g/mol. The lowest BCUT2D eigenvalue weighted by Gasteiger charge is -2.31. The summed E-state index contributed by atoms with van der Waals surface area (Å²) in [5.41, 5.74) is 1.05. The van der Waals surface area contributed by atoms with E-state index in [1.165, 1.54) is 0 Å². The van der Waals surface area contributed by atoms with Gasteiger partial charge in [-0.15, -0.1) is 0 Å². The van der Waals surface area contributed by atoms with Crippen molar-refractivity contribution in [2.45, 2.75) is 12.6 Å². The number of carboxylic acids is 1. The molecule has 0 saturated carbocycles. The summed E-state index contributed by atoms with van der Waals surface area (Å²) in [6.07, 6.45) is 0. The molecule has 0 radical (unpaired) electrons. The first-order valence-electron chi connectivity index (χ1n) is 6.43. The van der Waals surface area contributed by atoms with Gasteiger partial charge < -0.3 is 14.6 Å². The number of carbonyl (C=O) groups is 1. The Morgan fingerprint density at radius 1 is 1.32 bits per heavy atom. The minimum absolute atomic E-state index is 0.199. The molecule has 0 aromatic heterocycles. The Kier molecular flexibility index (Phi) is 5.32. The summed E-state index contributed by atoms with van der Waals surface area (Å²) in [6.45, 7) is 3.10. The number of nitrogens with zero attached hydrogens (tertiary/aromatic N) is 1. The van der Waals surface area contributed by atoms with Crippen LogP contribution in [0.3, 0.4) is 0 Å². The van der Waals surface area contributed by atoms with E-state index >= 15 is 0 Å². The van der Waals surface area contributed by atoms with Gasteiger partial charge in [0.15, 0.2) is 0 Å². The van der Waals surface area contributed by atoms with Gasteiger partial charge in [-0.25, -0.2) is 0 Å². The van der Waals surface area contributed by atoms with Crippen LogP contribution in [-0.4, -0.2) is 54.9 Å². The Balaban J connectivity index is 1.82. The fourth-order valence-corrected chi connectivity index (χ4v) is 2.08. The summed E-state index contributed by atoms with van der Waals surface area (Å²) in [4.78, 5) is 13.2. The topological polar surface area (TPSA) is 59.0 Å². The summed E-state index contributed by atoms with van der Waals surface area (Å²) in [7, 11) is 0. The van der Waals surface area contributed by atoms with Crippen molar-refractivity contribution in [3.8, 4) is 0 Å². The van der Waals surface area contributed by atoms with Crippen molar-refractivity contribution in [3.05, 3.63) is 35.9 Å². The highest BCUT2D eigenvalue weighted by Gasteiger charge is 2.27. The molecule has 1 unspecified atom stereocenters. The molecule has 0 bridgehead atoms. The molecule has 1 N–H and O–H groups in total. The van der Waals surface area contributed by atoms with Gasteiger partial charge in [0.05, 0.1) is 26.4 Å². The number of benzene rings is 1. The molecule has 2 rings (SSSR count). The van der Waals surface area contributed by atoms with Crippen LogP contribution in [-0.2, 0) is 20.9 Å². The molecule has 104 valence electrons. The second-order valence-corrected chi connectivity index (χ2v) is 4.50. The average molecular weight is 265 g/mol. The van der Waals surface area contributed by atoms with E-state index in [1.54, 1.807) is 0 Å². The molecule has 0 aliphatic carbocycles. The molecule has 1 saturated heterocycles. The molecule has 5 heteroatoms. The lowest BCUT2D eigenvalue weighted by Crippen LogP contribution is -2.49. The zero-order chi connectivity index (χ0) is 13.5. The minimum atomic E-state index is -0.838. The third kappa shape index (κ3) is 4.31. The van der Waals surface area contributed by atoms with E-state index in [2.05, 4.69) is 0 Å². The normalized spacial score (nSPS) is 18.1. The molecule has 1 aromatic rings. The third-order valence-corrected chi connectivity index (χ3v) is 3.16. The Morgan fingerprint density at radius 2 is 2.00 bits per heavy atom. The van der Waals surface area contributed by atoms with E-state index in [9.17, 15) is 9.90 Å². The molecule has 19 heavy (non-hydrogen) atoms. The third-order valence-electron chi connectivity index (χ3n) is 3.16. The van der Waals surface area contributed by atoms with Crippen molar-refractivity contribution >= 4 is 5.97 Å². The van der Waals surface area contributed by atoms with Crippen molar-refractivity contribution in [2.75, 3.05) is 32.9 Å². The first-order valence-corrected chi connectivity index (χ1v) is 6.43. The molecule has 1 atom stereocenters. The molecule has 5 nitrogen and oxygen atoms in total. The predicted molar refractivity (Wildman–Crippen MR) is 69.9 cm³/mol. The second kappa shape index (κ2) is 7.23. The standard InChI is InChI=1S/C14H19NO4/c16-14(17)13(15-6-8-18-9-7-15)11-19-10-12-4-2-1-3-5-12/h1-5,13H,6-11H2,(H,16,17). The Morgan fingerprint density at radius 3 is 2.63 bits per heavy atom. The summed E-state index contributed by atoms with van der Waals surface area (Å²) < 4.78 is 10.8. The molecule has 0 spiro atoms. The van der Waals surface area contributed by atoms with Crippen molar-refractivity contribution in [1.29, 1.82) is 0 Å². The van der Waals surface area contributed by atoms with Crippen molar-refractivity contribution in [1.82, 2.24) is 4.90 Å². The van der Waals surface area contributed by atoms with E-state index in [0.29, 0.717) is 32.9 Å². The van der Waals surface area contributed by atoms with Gasteiger partial charge in [-0.2, -0.15) is 0 Å². The first kappa shape index (κ1) is 14.0. The van der Waals surface area contributed by atoms with Crippen LogP contribution in [0.2, 0.25) is 0 Å². The minimum Gasteiger partial charge on any atom is -0.480 e. The van der Waals surface area contributed by atoms with Gasteiger partial charge in [0, 0.05) is 13.1 Å². The number of morpholine rings is 1. The van der Waals surface area contributed by atoms with E-state index in [-0.39, 0.29) is 6.61 Å². The average Bonchev–Trinajstić information content (AvgIpc) is 2.45. The molecule has 1 fully saturated rings. The molecule has 1 aliphatic heterocycles. The number of carboxylic acid groups (broad SMARTS) is 1. The highest BCUT2D eigenvalue weighted by Crippen LogP contribution is 2.07. The van der Waals surface area contributed by atoms with Crippen LogP contribution in [0, 0.1) is 0 Å². The van der Waals surface area contributed by atoms with Crippen LogP contribution >= 0.6 is 0 Å². The summed E-state index contributed by atoms with van der Waals surface area (Å²) in [5, 5.41) is 9.26. The van der Waals surface area contributed by atoms with E-state index in [1.807, 2.05) is 35.2 Å². The maximum absolute atomic E-state index is 11.3. The number of ether oxygens (including phenoxy) is 2. The highest BCUT2D eigenvalue weighted by atomic mass is 16.5. The van der Waals surface area contributed by atoms with Gasteiger partial charge in [0.1, 0.15) is 6.04 Å². The number of hydrogen-bond donors (Lipinski definition) is 1. The van der Waals surface area contributed by atoms with Gasteiger partial charge >= 0.3 is 5.97 Å². The van der Waals surface area contributed by atoms with Crippen molar-refractivity contribution in [2.24, 2.45) is 0 Å². The van der Waals surface area contributed by atoms with Gasteiger partial charge in [-0.05, 0) is 5.56 Å². The van der Waals surface area contributed by atoms with Crippen LogP contribution < -0.4 is 0 Å². The summed E-state index contributed by atoms with van der Waals surface area (Å²) in [6, 6.07) is 9.16. The SMILES string of the molecule is O=C(O)C(COCc1ccccc1)N1CCOCC1. The Bertz CT molecular complexity index is 390. The highest BCUT2D eigenvalue weighted by molar-refractivity contribution is 5.73. The zero-order valence-corrected chi connectivity index (χ0v) is 10.8. The van der Waals surface area contributed by atoms with E-state index < -0.39 is 12.0 Å². The number of aliphatic carboxylic acids is 1. The number of rotatable bonds is 6. The molecule has 0 amide bonds. The molecule has 1 aromatic carbocycles.